The molecule has 0 aliphatic carbocycles. The Morgan fingerprint density at radius 1 is 1.18 bits per heavy atom. The highest BCUT2D eigenvalue weighted by atomic mass is 32.1. The summed E-state index contributed by atoms with van der Waals surface area (Å²) in [4.78, 5) is 2.19. The zero-order valence-corrected chi connectivity index (χ0v) is 8.49. The second-order valence-electron chi connectivity index (χ2n) is 2.79. The van der Waals surface area contributed by atoms with Gasteiger partial charge in [0.05, 0.1) is 5.49 Å². The normalized spacial score (nSPS) is 9.64. The van der Waals surface area contributed by atoms with E-state index in [-0.39, 0.29) is 0 Å². The van der Waals surface area contributed by atoms with Crippen molar-refractivity contribution in [2.75, 3.05) is 13.1 Å². The lowest BCUT2D eigenvalue weighted by Crippen LogP contribution is -2.21. The van der Waals surface area contributed by atoms with Gasteiger partial charge in [0, 0.05) is 13.1 Å². The van der Waals surface area contributed by atoms with E-state index in [1.165, 1.54) is 25.7 Å². The third-order valence-electron chi connectivity index (χ3n) is 1.85. The van der Waals surface area contributed by atoms with Crippen molar-refractivity contribution in [1.82, 2.24) is 4.90 Å². The molecular weight excluding hydrogens is 154 g/mol. The van der Waals surface area contributed by atoms with Gasteiger partial charge in [-0.1, -0.05) is 38.4 Å². The third-order valence-corrected chi connectivity index (χ3v) is 2.15. The van der Waals surface area contributed by atoms with E-state index >= 15 is 0 Å². The van der Waals surface area contributed by atoms with Crippen LogP contribution in [0.25, 0.3) is 0 Å². The van der Waals surface area contributed by atoms with Crippen molar-refractivity contribution in [3.8, 4) is 0 Å². The first-order valence-corrected chi connectivity index (χ1v) is 5.01. The maximum atomic E-state index is 4.85. The van der Waals surface area contributed by atoms with E-state index in [0.717, 1.165) is 13.1 Å². The molecule has 0 spiro atoms. The average Bonchev–Trinajstić information content (AvgIpc) is 2.05. The molecule has 66 valence electrons. The van der Waals surface area contributed by atoms with Crippen LogP contribution in [0.2, 0.25) is 0 Å². The predicted octanol–water partition coefficient (Wildman–Crippen LogP) is 2.85. The molecule has 0 amide bonds. The van der Waals surface area contributed by atoms with Crippen molar-refractivity contribution in [2.24, 2.45) is 0 Å². The van der Waals surface area contributed by atoms with Gasteiger partial charge in [-0.15, -0.1) is 0 Å². The molecule has 0 bridgehead atoms. The van der Waals surface area contributed by atoms with Crippen LogP contribution < -0.4 is 0 Å². The van der Waals surface area contributed by atoms with Crippen LogP contribution in [0, 0.1) is 0 Å². The molecule has 0 heterocycles. The van der Waals surface area contributed by atoms with E-state index in [1.807, 2.05) is 0 Å². The largest absolute Gasteiger partial charge is 0.369 e. The summed E-state index contributed by atoms with van der Waals surface area (Å²) < 4.78 is 0. The maximum Gasteiger partial charge on any atom is 0.0640 e. The number of hydrogen-bond acceptors (Lipinski definition) is 1. The molecule has 11 heavy (non-hydrogen) atoms. The minimum atomic E-state index is 1.05. The Labute approximate surface area is 75.8 Å². The molecule has 0 fully saturated rings. The number of thiocarbonyl (C=S) groups is 1. The quantitative estimate of drug-likeness (QED) is 0.430. The van der Waals surface area contributed by atoms with Gasteiger partial charge in [0.25, 0.3) is 0 Å². The summed E-state index contributed by atoms with van der Waals surface area (Å²) in [6.45, 7) is 6.56. The molecule has 0 saturated carbocycles. The first-order valence-electron chi connectivity index (χ1n) is 4.54. The van der Waals surface area contributed by atoms with E-state index in [1.54, 1.807) is 5.49 Å². The minimum Gasteiger partial charge on any atom is -0.369 e. The Morgan fingerprint density at radius 2 is 1.91 bits per heavy atom. The van der Waals surface area contributed by atoms with Gasteiger partial charge in [-0.3, -0.25) is 0 Å². The van der Waals surface area contributed by atoms with Gasteiger partial charge in [0.2, 0.25) is 0 Å². The second-order valence-corrected chi connectivity index (χ2v) is 3.01. The lowest BCUT2D eigenvalue weighted by molar-refractivity contribution is 0.436. The standard InChI is InChI=1S/C9H19NS/c1-3-5-6-7-8-10(4-2)9-11/h9H,3-8H2,1-2H3. The first kappa shape index (κ1) is 10.9. The molecule has 0 radical (unpaired) electrons. The van der Waals surface area contributed by atoms with Crippen LogP contribution in [0.1, 0.15) is 39.5 Å². The molecule has 0 N–H and O–H groups in total. The average molecular weight is 173 g/mol. The Balaban J connectivity index is 3.14. The number of unbranched alkanes of at least 4 members (excludes halogenated alkanes) is 3. The van der Waals surface area contributed by atoms with Crippen LogP contribution in [0.4, 0.5) is 0 Å². The highest BCUT2D eigenvalue weighted by Gasteiger charge is 1.93. The summed E-state index contributed by atoms with van der Waals surface area (Å²) in [5.74, 6) is 0. The van der Waals surface area contributed by atoms with E-state index in [9.17, 15) is 0 Å². The Morgan fingerprint density at radius 3 is 2.36 bits per heavy atom. The molecule has 0 aliphatic heterocycles. The molecule has 0 saturated heterocycles. The van der Waals surface area contributed by atoms with E-state index < -0.39 is 0 Å². The van der Waals surface area contributed by atoms with Gasteiger partial charge in [0.1, 0.15) is 0 Å². The molecular formula is C9H19NS. The SMILES string of the molecule is CCCCCCN(C=S)CC. The van der Waals surface area contributed by atoms with Crippen molar-refractivity contribution >= 4 is 17.7 Å². The summed E-state index contributed by atoms with van der Waals surface area (Å²) >= 11 is 4.85. The van der Waals surface area contributed by atoms with E-state index in [2.05, 4.69) is 18.7 Å². The Hall–Kier alpha value is -0.110. The fourth-order valence-electron chi connectivity index (χ4n) is 1.03. The van der Waals surface area contributed by atoms with Gasteiger partial charge in [-0.2, -0.15) is 0 Å². The monoisotopic (exact) mass is 173 g/mol. The molecule has 2 heteroatoms. The van der Waals surface area contributed by atoms with Gasteiger partial charge < -0.3 is 4.90 Å². The number of nitrogens with zero attached hydrogens (tertiary/aromatic N) is 1. The lowest BCUT2D eigenvalue weighted by atomic mass is 10.2. The van der Waals surface area contributed by atoms with Gasteiger partial charge >= 0.3 is 0 Å². The molecule has 0 aliphatic rings. The van der Waals surface area contributed by atoms with Crippen LogP contribution in [-0.2, 0) is 0 Å². The summed E-state index contributed by atoms with van der Waals surface area (Å²) in [5, 5.41) is 0. The molecule has 0 aromatic rings. The van der Waals surface area contributed by atoms with Gasteiger partial charge in [-0.05, 0) is 13.3 Å². The van der Waals surface area contributed by atoms with Gasteiger partial charge in [0.15, 0.2) is 0 Å². The highest BCUT2D eigenvalue weighted by molar-refractivity contribution is 7.78. The Bertz CT molecular complexity index is 93.6. The van der Waals surface area contributed by atoms with Crippen molar-refractivity contribution in [1.29, 1.82) is 0 Å². The topological polar surface area (TPSA) is 3.24 Å². The Kier molecular flexibility index (Phi) is 7.91. The maximum absolute atomic E-state index is 4.85. The van der Waals surface area contributed by atoms with Crippen molar-refractivity contribution in [3.05, 3.63) is 0 Å². The van der Waals surface area contributed by atoms with Crippen molar-refractivity contribution in [3.63, 3.8) is 0 Å². The van der Waals surface area contributed by atoms with Crippen LogP contribution in [0.3, 0.4) is 0 Å². The van der Waals surface area contributed by atoms with Crippen LogP contribution in [0.15, 0.2) is 0 Å². The summed E-state index contributed by atoms with van der Waals surface area (Å²) in [6, 6.07) is 0. The zero-order chi connectivity index (χ0) is 8.53. The van der Waals surface area contributed by atoms with E-state index in [4.69, 9.17) is 12.2 Å². The summed E-state index contributed by atoms with van der Waals surface area (Å²) in [7, 11) is 0. The minimum absolute atomic E-state index is 1.05. The summed E-state index contributed by atoms with van der Waals surface area (Å²) in [5.41, 5.74) is 1.77. The van der Waals surface area contributed by atoms with Crippen LogP contribution in [-0.4, -0.2) is 23.5 Å². The van der Waals surface area contributed by atoms with E-state index in [0.29, 0.717) is 0 Å². The fourth-order valence-corrected chi connectivity index (χ4v) is 1.28. The van der Waals surface area contributed by atoms with Crippen molar-refractivity contribution < 1.29 is 0 Å². The molecule has 0 aromatic carbocycles. The molecule has 0 aromatic heterocycles. The number of hydrogen-bond donors (Lipinski definition) is 0. The molecule has 1 nitrogen and oxygen atoms in total. The van der Waals surface area contributed by atoms with Gasteiger partial charge in [-0.25, -0.2) is 0 Å². The highest BCUT2D eigenvalue weighted by Crippen LogP contribution is 1.99. The van der Waals surface area contributed by atoms with Crippen LogP contribution >= 0.6 is 12.2 Å². The fraction of sp³-hybridized carbons (Fsp3) is 0.889. The smallest absolute Gasteiger partial charge is 0.0640 e. The zero-order valence-electron chi connectivity index (χ0n) is 7.68. The first-order chi connectivity index (χ1) is 5.35. The third kappa shape index (κ3) is 6.29. The lowest BCUT2D eigenvalue weighted by Gasteiger charge is -2.15. The molecule has 0 atom stereocenters. The van der Waals surface area contributed by atoms with Crippen LogP contribution in [0.5, 0.6) is 0 Å². The van der Waals surface area contributed by atoms with Crippen molar-refractivity contribution in [2.45, 2.75) is 39.5 Å². The summed E-state index contributed by atoms with van der Waals surface area (Å²) in [6.07, 6.45) is 5.30. The predicted molar refractivity (Wildman–Crippen MR) is 55.0 cm³/mol. The number of rotatable bonds is 7. The molecule has 0 unspecified atom stereocenters. The second kappa shape index (κ2) is 7.99. The molecule has 0 rings (SSSR count).